The van der Waals surface area contributed by atoms with Crippen LogP contribution in [0, 0.1) is 5.82 Å². The number of halogens is 1. The molecule has 2 aromatic carbocycles. The molecule has 1 aliphatic carbocycles. The standard InChI is InChI=1S/C23H26FN3O2S/c1-28-19-12-17(13-20(14-19)29-2)22-25-26-23(27(22)18-9-4-3-5-10-18)30-15-16-8-6-7-11-21(16)24/h6-8,11-14,18H,3-5,9-10,15H2,1-2H3. The molecule has 0 saturated heterocycles. The summed E-state index contributed by atoms with van der Waals surface area (Å²) in [5, 5.41) is 9.85. The Morgan fingerprint density at radius 1 is 1.00 bits per heavy atom. The minimum absolute atomic E-state index is 0.188. The fourth-order valence-electron chi connectivity index (χ4n) is 3.93. The van der Waals surface area contributed by atoms with Crippen LogP contribution in [0.1, 0.15) is 43.7 Å². The normalized spacial score (nSPS) is 14.6. The molecule has 0 atom stereocenters. The molecule has 1 aromatic heterocycles. The molecular weight excluding hydrogens is 401 g/mol. The van der Waals surface area contributed by atoms with E-state index < -0.39 is 0 Å². The molecule has 158 valence electrons. The number of methoxy groups -OCH3 is 2. The van der Waals surface area contributed by atoms with Crippen molar-refractivity contribution in [3.05, 3.63) is 53.8 Å². The molecule has 3 aromatic rings. The summed E-state index contributed by atoms with van der Waals surface area (Å²) in [4.78, 5) is 0. The number of benzene rings is 2. The van der Waals surface area contributed by atoms with Gasteiger partial charge in [-0.2, -0.15) is 0 Å². The second-order valence-corrected chi connectivity index (χ2v) is 8.39. The van der Waals surface area contributed by atoms with Crippen molar-refractivity contribution in [3.8, 4) is 22.9 Å². The quantitative estimate of drug-likeness (QED) is 0.440. The van der Waals surface area contributed by atoms with Crippen LogP contribution >= 0.6 is 11.8 Å². The van der Waals surface area contributed by atoms with E-state index in [0.29, 0.717) is 28.9 Å². The van der Waals surface area contributed by atoms with E-state index in [1.165, 1.54) is 37.1 Å². The van der Waals surface area contributed by atoms with Gasteiger partial charge in [-0.25, -0.2) is 4.39 Å². The van der Waals surface area contributed by atoms with Gasteiger partial charge in [-0.1, -0.05) is 49.2 Å². The summed E-state index contributed by atoms with van der Waals surface area (Å²) >= 11 is 1.53. The molecule has 1 saturated carbocycles. The van der Waals surface area contributed by atoms with Crippen LogP contribution in [0.2, 0.25) is 0 Å². The van der Waals surface area contributed by atoms with Gasteiger partial charge in [0.25, 0.3) is 0 Å². The maximum Gasteiger partial charge on any atom is 0.192 e. The maximum absolute atomic E-state index is 14.1. The van der Waals surface area contributed by atoms with Crippen LogP contribution in [0.3, 0.4) is 0 Å². The van der Waals surface area contributed by atoms with Gasteiger partial charge in [-0.3, -0.25) is 4.57 Å². The van der Waals surface area contributed by atoms with Gasteiger partial charge in [-0.15, -0.1) is 10.2 Å². The molecule has 7 heteroatoms. The molecule has 0 amide bonds. The molecule has 30 heavy (non-hydrogen) atoms. The summed E-state index contributed by atoms with van der Waals surface area (Å²) in [7, 11) is 3.28. The van der Waals surface area contributed by atoms with Crippen LogP contribution in [0.15, 0.2) is 47.6 Å². The van der Waals surface area contributed by atoms with Gasteiger partial charge in [0.1, 0.15) is 17.3 Å². The molecule has 5 nitrogen and oxygen atoms in total. The lowest BCUT2D eigenvalue weighted by atomic mass is 9.95. The lowest BCUT2D eigenvalue weighted by Crippen LogP contribution is -2.15. The van der Waals surface area contributed by atoms with Crippen molar-refractivity contribution in [3.63, 3.8) is 0 Å². The van der Waals surface area contributed by atoms with E-state index >= 15 is 0 Å². The number of thioether (sulfide) groups is 1. The minimum Gasteiger partial charge on any atom is -0.497 e. The largest absolute Gasteiger partial charge is 0.497 e. The van der Waals surface area contributed by atoms with Crippen LogP contribution in [-0.2, 0) is 5.75 Å². The molecule has 0 spiro atoms. The van der Waals surface area contributed by atoms with Crippen molar-refractivity contribution in [2.75, 3.05) is 14.2 Å². The SMILES string of the molecule is COc1cc(OC)cc(-c2nnc(SCc3ccccc3F)n2C2CCCCC2)c1. The van der Waals surface area contributed by atoms with Crippen molar-refractivity contribution in [2.45, 2.75) is 49.1 Å². The molecule has 1 aliphatic rings. The van der Waals surface area contributed by atoms with Crippen molar-refractivity contribution in [1.29, 1.82) is 0 Å². The maximum atomic E-state index is 14.1. The highest BCUT2D eigenvalue weighted by Gasteiger charge is 2.24. The van der Waals surface area contributed by atoms with Crippen LogP contribution in [0.5, 0.6) is 11.5 Å². The Morgan fingerprint density at radius 2 is 1.70 bits per heavy atom. The zero-order valence-corrected chi connectivity index (χ0v) is 18.1. The van der Waals surface area contributed by atoms with Gasteiger partial charge < -0.3 is 9.47 Å². The number of hydrogen-bond acceptors (Lipinski definition) is 5. The summed E-state index contributed by atoms with van der Waals surface area (Å²) in [6.07, 6.45) is 5.85. The third-order valence-corrected chi connectivity index (χ3v) is 6.52. The lowest BCUT2D eigenvalue weighted by Gasteiger charge is -2.25. The number of ether oxygens (including phenoxy) is 2. The number of nitrogens with zero attached hydrogens (tertiary/aromatic N) is 3. The first-order chi connectivity index (χ1) is 14.7. The fourth-order valence-corrected chi connectivity index (χ4v) is 4.93. The third-order valence-electron chi connectivity index (χ3n) is 5.53. The first kappa shape index (κ1) is 20.7. The smallest absolute Gasteiger partial charge is 0.192 e. The average Bonchev–Trinajstić information content (AvgIpc) is 3.22. The highest BCUT2D eigenvalue weighted by molar-refractivity contribution is 7.98. The molecule has 0 radical (unpaired) electrons. The van der Waals surface area contributed by atoms with E-state index in [1.54, 1.807) is 20.3 Å². The van der Waals surface area contributed by atoms with Gasteiger partial charge >= 0.3 is 0 Å². The molecule has 1 heterocycles. The Kier molecular flexibility index (Phi) is 6.57. The third kappa shape index (κ3) is 4.46. The molecular formula is C23H26FN3O2S. The Hall–Kier alpha value is -2.54. The molecule has 0 aliphatic heterocycles. The summed E-state index contributed by atoms with van der Waals surface area (Å²) in [5.41, 5.74) is 1.58. The molecule has 1 fully saturated rings. The number of aromatic nitrogens is 3. The summed E-state index contributed by atoms with van der Waals surface area (Å²) in [5.74, 6) is 2.55. The van der Waals surface area contributed by atoms with E-state index in [4.69, 9.17) is 9.47 Å². The Labute approximate surface area is 180 Å². The van der Waals surface area contributed by atoms with Crippen molar-refractivity contribution < 1.29 is 13.9 Å². The summed E-state index contributed by atoms with van der Waals surface area (Å²) in [6, 6.07) is 13.0. The van der Waals surface area contributed by atoms with Crippen molar-refractivity contribution >= 4 is 11.8 Å². The molecule has 4 rings (SSSR count). The van der Waals surface area contributed by atoms with Gasteiger partial charge in [0.2, 0.25) is 0 Å². The number of rotatable bonds is 7. The van der Waals surface area contributed by atoms with E-state index in [0.717, 1.165) is 29.4 Å². The highest BCUT2D eigenvalue weighted by atomic mass is 32.2. The molecule has 0 bridgehead atoms. The summed E-state index contributed by atoms with van der Waals surface area (Å²) in [6.45, 7) is 0. The number of hydrogen-bond donors (Lipinski definition) is 0. The van der Waals surface area contributed by atoms with Crippen LogP contribution in [-0.4, -0.2) is 29.0 Å². The fraction of sp³-hybridized carbons (Fsp3) is 0.391. The zero-order valence-electron chi connectivity index (χ0n) is 17.3. The van der Waals surface area contributed by atoms with E-state index in [-0.39, 0.29) is 5.82 Å². The molecule has 0 N–H and O–H groups in total. The monoisotopic (exact) mass is 427 g/mol. The second kappa shape index (κ2) is 9.51. The minimum atomic E-state index is -0.188. The molecule has 0 unspecified atom stereocenters. The lowest BCUT2D eigenvalue weighted by molar-refractivity contribution is 0.339. The van der Waals surface area contributed by atoms with Gasteiger partial charge in [0, 0.05) is 23.4 Å². The second-order valence-electron chi connectivity index (χ2n) is 7.45. The van der Waals surface area contributed by atoms with Crippen LogP contribution < -0.4 is 9.47 Å². The zero-order chi connectivity index (χ0) is 20.9. The predicted molar refractivity (Wildman–Crippen MR) is 117 cm³/mol. The van der Waals surface area contributed by atoms with Gasteiger partial charge in [0.05, 0.1) is 14.2 Å². The van der Waals surface area contributed by atoms with Crippen molar-refractivity contribution in [2.24, 2.45) is 0 Å². The summed E-state index contributed by atoms with van der Waals surface area (Å²) < 4.78 is 27.2. The first-order valence-electron chi connectivity index (χ1n) is 10.2. The van der Waals surface area contributed by atoms with Crippen LogP contribution in [0.25, 0.3) is 11.4 Å². The van der Waals surface area contributed by atoms with E-state index in [2.05, 4.69) is 14.8 Å². The van der Waals surface area contributed by atoms with Gasteiger partial charge in [0.15, 0.2) is 11.0 Å². The van der Waals surface area contributed by atoms with Crippen LogP contribution in [0.4, 0.5) is 4.39 Å². The Bertz CT molecular complexity index is 980. The average molecular weight is 428 g/mol. The first-order valence-corrected chi connectivity index (χ1v) is 11.2. The van der Waals surface area contributed by atoms with Gasteiger partial charge in [-0.05, 0) is 36.6 Å². The topological polar surface area (TPSA) is 49.2 Å². The van der Waals surface area contributed by atoms with Crippen molar-refractivity contribution in [1.82, 2.24) is 14.8 Å². The Morgan fingerprint density at radius 3 is 2.37 bits per heavy atom. The van der Waals surface area contributed by atoms with E-state index in [9.17, 15) is 4.39 Å². The van der Waals surface area contributed by atoms with E-state index in [1.807, 2.05) is 30.3 Å². The highest BCUT2D eigenvalue weighted by Crippen LogP contribution is 2.38. The predicted octanol–water partition coefficient (Wildman–Crippen LogP) is 5.90. The Balaban J connectivity index is 1.71.